The van der Waals surface area contributed by atoms with Crippen molar-refractivity contribution in [1.29, 1.82) is 0 Å². The molecule has 1 aliphatic heterocycles. The van der Waals surface area contributed by atoms with Crippen LogP contribution < -0.4 is 4.74 Å². The van der Waals surface area contributed by atoms with E-state index >= 15 is 0 Å². The second kappa shape index (κ2) is 11.7. The Kier molecular flexibility index (Phi) is 10.00. The average Bonchev–Trinajstić information content (AvgIpc) is 3.07. The van der Waals surface area contributed by atoms with Crippen LogP contribution >= 0.6 is 0 Å². The quantitative estimate of drug-likeness (QED) is 0.243. The fourth-order valence-corrected chi connectivity index (χ4v) is 5.32. The average molecular weight is 493 g/mol. The molecule has 0 N–H and O–H groups in total. The van der Waals surface area contributed by atoms with Gasteiger partial charge in [0.05, 0.1) is 19.8 Å². The molecule has 5 nitrogen and oxygen atoms in total. The van der Waals surface area contributed by atoms with Gasteiger partial charge in [-0.3, -0.25) is 0 Å². The van der Waals surface area contributed by atoms with Gasteiger partial charge >= 0.3 is 0 Å². The minimum atomic E-state index is -1.84. The molecule has 1 fully saturated rings. The lowest BCUT2D eigenvalue weighted by Gasteiger charge is -2.39. The molecule has 1 unspecified atom stereocenters. The van der Waals surface area contributed by atoms with E-state index in [0.29, 0.717) is 6.61 Å². The summed E-state index contributed by atoms with van der Waals surface area (Å²) < 4.78 is 30.8. The molecule has 1 saturated heterocycles. The van der Waals surface area contributed by atoms with Gasteiger partial charge in [0.1, 0.15) is 18.0 Å². The summed E-state index contributed by atoms with van der Waals surface area (Å²) in [7, 11) is -0.162. The normalized spacial score (nSPS) is 23.7. The summed E-state index contributed by atoms with van der Waals surface area (Å²) >= 11 is 0. The van der Waals surface area contributed by atoms with Crippen molar-refractivity contribution in [3.05, 3.63) is 42.0 Å². The number of benzene rings is 1. The maximum absolute atomic E-state index is 6.63. The van der Waals surface area contributed by atoms with Crippen molar-refractivity contribution in [2.24, 2.45) is 5.92 Å². The van der Waals surface area contributed by atoms with Gasteiger partial charge in [-0.05, 0) is 68.9 Å². The van der Waals surface area contributed by atoms with Crippen LogP contribution in [0, 0.1) is 5.92 Å². The number of rotatable bonds is 11. The smallest absolute Gasteiger partial charge is 0.192 e. The summed E-state index contributed by atoms with van der Waals surface area (Å²) in [4.78, 5) is 0. The van der Waals surface area contributed by atoms with Crippen LogP contribution in [0.2, 0.25) is 18.1 Å². The van der Waals surface area contributed by atoms with Crippen LogP contribution in [0.15, 0.2) is 36.4 Å². The van der Waals surface area contributed by atoms with E-state index in [2.05, 4.69) is 66.8 Å². The molecule has 6 heteroatoms. The van der Waals surface area contributed by atoms with Gasteiger partial charge in [0.25, 0.3) is 0 Å². The Morgan fingerprint density at radius 3 is 2.21 bits per heavy atom. The van der Waals surface area contributed by atoms with E-state index in [9.17, 15) is 0 Å². The van der Waals surface area contributed by atoms with E-state index in [-0.39, 0.29) is 35.4 Å². The lowest BCUT2D eigenvalue weighted by Crippen LogP contribution is -2.44. The Labute approximate surface area is 209 Å². The summed E-state index contributed by atoms with van der Waals surface area (Å²) in [6.45, 7) is 22.4. The van der Waals surface area contributed by atoms with E-state index in [0.717, 1.165) is 17.7 Å². The summed E-state index contributed by atoms with van der Waals surface area (Å²) in [5.41, 5.74) is 1.09. The van der Waals surface area contributed by atoms with Gasteiger partial charge < -0.3 is 23.4 Å². The Hall–Kier alpha value is -1.18. The second-order valence-electron chi connectivity index (χ2n) is 11.5. The summed E-state index contributed by atoms with van der Waals surface area (Å²) in [5, 5.41) is 0.184. The molecular formula is C28H48O5Si. The van der Waals surface area contributed by atoms with Crippen LogP contribution in [-0.2, 0) is 25.2 Å². The van der Waals surface area contributed by atoms with Crippen LogP contribution in [0.5, 0.6) is 5.75 Å². The minimum absolute atomic E-state index is 0.0169. The fraction of sp³-hybridized carbons (Fsp3) is 0.714. The molecule has 0 radical (unpaired) electrons. The molecule has 1 aromatic rings. The molecule has 0 spiro atoms. The Balaban J connectivity index is 2.16. The molecule has 5 atom stereocenters. The van der Waals surface area contributed by atoms with E-state index < -0.39 is 14.1 Å². The molecule has 2 rings (SSSR count). The van der Waals surface area contributed by atoms with Crippen LogP contribution in [-0.4, -0.2) is 45.6 Å². The first-order valence-corrected chi connectivity index (χ1v) is 15.6. The SMILES string of the molecule is CC[C@@H]1OC(C)(C)O[C@@H]1C(/C=C\[C@@H](C)[C@H](C)O[Si](C)(C)C(C)(C)C)OCc1ccc(OC)cc1. The van der Waals surface area contributed by atoms with Gasteiger partial charge in [0, 0.05) is 6.10 Å². The first-order valence-electron chi connectivity index (χ1n) is 12.7. The van der Waals surface area contributed by atoms with Crippen LogP contribution in [0.25, 0.3) is 0 Å². The van der Waals surface area contributed by atoms with E-state index in [1.165, 1.54) is 0 Å². The monoisotopic (exact) mass is 492 g/mol. The highest BCUT2D eigenvalue weighted by Gasteiger charge is 2.44. The van der Waals surface area contributed by atoms with Crippen LogP contribution in [0.1, 0.15) is 67.4 Å². The van der Waals surface area contributed by atoms with Crippen molar-refractivity contribution >= 4 is 8.32 Å². The van der Waals surface area contributed by atoms with E-state index in [1.807, 2.05) is 38.1 Å². The predicted molar refractivity (Wildman–Crippen MR) is 142 cm³/mol. The minimum Gasteiger partial charge on any atom is -0.497 e. The third-order valence-electron chi connectivity index (χ3n) is 7.18. The van der Waals surface area contributed by atoms with Crippen molar-refractivity contribution < 1.29 is 23.4 Å². The lowest BCUT2D eigenvalue weighted by atomic mass is 10.0. The first kappa shape index (κ1) is 29.0. The molecule has 0 saturated carbocycles. The molecule has 1 aromatic carbocycles. The molecule has 0 aromatic heterocycles. The van der Waals surface area contributed by atoms with Gasteiger partial charge in [-0.2, -0.15) is 0 Å². The van der Waals surface area contributed by atoms with Crippen molar-refractivity contribution in [2.75, 3.05) is 7.11 Å². The van der Waals surface area contributed by atoms with Gasteiger partial charge in [-0.25, -0.2) is 0 Å². The molecule has 0 bridgehead atoms. The summed E-state index contributed by atoms with van der Waals surface area (Å²) in [6, 6.07) is 7.98. The predicted octanol–water partition coefficient (Wildman–Crippen LogP) is 7.11. The molecule has 0 aliphatic carbocycles. The summed E-state index contributed by atoms with van der Waals surface area (Å²) in [5.74, 6) is 0.465. The second-order valence-corrected chi connectivity index (χ2v) is 16.3. The Bertz CT molecular complexity index is 781. The topological polar surface area (TPSA) is 46.2 Å². The zero-order valence-electron chi connectivity index (χ0n) is 23.3. The van der Waals surface area contributed by atoms with Crippen molar-refractivity contribution in [2.45, 2.75) is 117 Å². The maximum Gasteiger partial charge on any atom is 0.192 e. The number of methoxy groups -OCH3 is 1. The number of hydrogen-bond acceptors (Lipinski definition) is 5. The molecule has 194 valence electrons. The summed E-state index contributed by atoms with van der Waals surface area (Å²) in [6.07, 6.45) is 4.95. The molecule has 34 heavy (non-hydrogen) atoms. The van der Waals surface area contributed by atoms with E-state index in [1.54, 1.807) is 7.11 Å². The molecular weight excluding hydrogens is 444 g/mol. The third-order valence-corrected chi connectivity index (χ3v) is 11.8. The van der Waals surface area contributed by atoms with Crippen molar-refractivity contribution in [3.8, 4) is 5.75 Å². The van der Waals surface area contributed by atoms with Gasteiger partial charge in [-0.1, -0.05) is 58.9 Å². The van der Waals surface area contributed by atoms with Gasteiger partial charge in [0.15, 0.2) is 14.1 Å². The van der Waals surface area contributed by atoms with Gasteiger partial charge in [-0.15, -0.1) is 0 Å². The lowest BCUT2D eigenvalue weighted by molar-refractivity contribution is -0.156. The zero-order chi connectivity index (χ0) is 25.7. The molecule has 1 heterocycles. The van der Waals surface area contributed by atoms with Crippen molar-refractivity contribution in [1.82, 2.24) is 0 Å². The molecule has 1 aliphatic rings. The maximum atomic E-state index is 6.63. The van der Waals surface area contributed by atoms with Gasteiger partial charge in [0.2, 0.25) is 0 Å². The first-order chi connectivity index (χ1) is 15.7. The molecule has 0 amide bonds. The number of ether oxygens (including phenoxy) is 4. The third kappa shape index (κ3) is 7.92. The number of hydrogen-bond donors (Lipinski definition) is 0. The standard InChI is InChI=1S/C28H48O5Si/c1-12-24-26(32-28(7,8)31-24)25(30-19-22-14-16-23(29-9)17-15-22)18-13-20(2)21(3)33-34(10,11)27(4,5)6/h13-18,20-21,24-26H,12,19H2,1-11H3/b18-13-/t20-,21+,24+,25?,26+/m1/s1. The fourth-order valence-electron chi connectivity index (χ4n) is 3.82. The van der Waals surface area contributed by atoms with Crippen LogP contribution in [0.3, 0.4) is 0 Å². The highest BCUT2D eigenvalue weighted by Crippen LogP contribution is 2.38. The van der Waals surface area contributed by atoms with Crippen molar-refractivity contribution in [3.63, 3.8) is 0 Å². The largest absolute Gasteiger partial charge is 0.497 e. The van der Waals surface area contributed by atoms with Crippen LogP contribution in [0.4, 0.5) is 0 Å². The van der Waals surface area contributed by atoms with E-state index in [4.69, 9.17) is 23.4 Å². The highest BCUT2D eigenvalue weighted by molar-refractivity contribution is 6.74. The highest BCUT2D eigenvalue weighted by atomic mass is 28.4. The Morgan fingerprint density at radius 1 is 1.06 bits per heavy atom. The zero-order valence-corrected chi connectivity index (χ0v) is 24.3. The Morgan fingerprint density at radius 2 is 1.68 bits per heavy atom.